The fraction of sp³-hybridized carbons (Fsp3) is 0.367. The molecule has 3 saturated heterocycles. The largest absolute Gasteiger partial charge is 0.394 e. The third kappa shape index (κ3) is 14.4. The minimum absolute atomic E-state index is 0.136. The molecule has 1 aromatic heterocycles. The summed E-state index contributed by atoms with van der Waals surface area (Å²) in [6, 6.07) is 58.5. The van der Waals surface area contributed by atoms with Crippen LogP contribution in [0.25, 0.3) is 0 Å². The van der Waals surface area contributed by atoms with Gasteiger partial charge in [0.15, 0.2) is 12.1 Å². The standard InChI is InChI=1S/C60H65N3O11S/c1-60(2)73-56-55(69-38-45-25-14-6-15-26-45)53(72-58(56)74-60)50(34-64)66-39-47-28-18-27-46(31-47)32-63-33-48(61-62-63)40-70-57-54(68-37-44-23-12-5-13-24-44)52(67-36-43-21-10-4-11-22-43)51(41-65-35-42-19-8-3-9-20-42)71-59(57)75-49-29-16-7-17-30-49/h3-31,33,50-59,64H,32,34-41H2,1-2H3/t50-,51-,52-,53-,54+,55+,56-,57-,58-,59+/m1/s1. The van der Waals surface area contributed by atoms with E-state index >= 15 is 0 Å². The van der Waals surface area contributed by atoms with Crippen LogP contribution in [0, 0.1) is 0 Å². The number of hydrogen-bond acceptors (Lipinski definition) is 14. The summed E-state index contributed by atoms with van der Waals surface area (Å²) >= 11 is 1.58. The number of aromatic nitrogens is 3. The van der Waals surface area contributed by atoms with Crippen LogP contribution in [0.1, 0.15) is 52.9 Å². The van der Waals surface area contributed by atoms with Crippen molar-refractivity contribution in [3.05, 3.63) is 221 Å². The molecule has 7 aromatic rings. The van der Waals surface area contributed by atoms with Gasteiger partial charge in [0.1, 0.15) is 60.0 Å². The smallest absolute Gasteiger partial charge is 0.190 e. The third-order valence-electron chi connectivity index (χ3n) is 13.2. The topological polar surface area (TPSA) is 143 Å². The van der Waals surface area contributed by atoms with Crippen molar-refractivity contribution in [3.8, 4) is 0 Å². The molecule has 0 radical (unpaired) electrons. The molecule has 75 heavy (non-hydrogen) atoms. The van der Waals surface area contributed by atoms with Gasteiger partial charge >= 0.3 is 0 Å². The lowest BCUT2D eigenvalue weighted by molar-refractivity contribution is -0.254. The Morgan fingerprint density at radius 1 is 0.573 bits per heavy atom. The van der Waals surface area contributed by atoms with Crippen LogP contribution in [-0.4, -0.2) is 99.7 Å². The number of nitrogens with zero attached hydrogens (tertiary/aromatic N) is 3. The number of ether oxygens (including phenoxy) is 10. The molecule has 3 fully saturated rings. The Morgan fingerprint density at radius 2 is 1.12 bits per heavy atom. The molecule has 10 atom stereocenters. The van der Waals surface area contributed by atoms with Crippen molar-refractivity contribution in [1.29, 1.82) is 0 Å². The summed E-state index contributed by atoms with van der Waals surface area (Å²) in [7, 11) is 0. The fourth-order valence-corrected chi connectivity index (χ4v) is 10.7. The van der Waals surface area contributed by atoms with Crippen LogP contribution in [0.2, 0.25) is 0 Å². The Kier molecular flexibility index (Phi) is 18.3. The lowest BCUT2D eigenvalue weighted by Gasteiger charge is -2.46. The Balaban J connectivity index is 0.832. The van der Waals surface area contributed by atoms with Crippen molar-refractivity contribution in [2.75, 3.05) is 13.2 Å². The maximum absolute atomic E-state index is 10.6. The lowest BCUT2D eigenvalue weighted by Crippen LogP contribution is -2.60. The van der Waals surface area contributed by atoms with E-state index in [1.54, 1.807) is 16.4 Å². The second-order valence-electron chi connectivity index (χ2n) is 19.4. The molecular weight excluding hydrogens is 971 g/mol. The first kappa shape index (κ1) is 52.8. The normalized spacial score (nSPS) is 24.5. The number of aliphatic hydroxyl groups excluding tert-OH is 1. The molecule has 10 rings (SSSR count). The maximum Gasteiger partial charge on any atom is 0.190 e. The van der Waals surface area contributed by atoms with Crippen molar-refractivity contribution in [3.63, 3.8) is 0 Å². The monoisotopic (exact) mass is 1040 g/mol. The highest BCUT2D eigenvalue weighted by Gasteiger charge is 2.57. The summed E-state index contributed by atoms with van der Waals surface area (Å²) in [5, 5.41) is 19.7. The van der Waals surface area contributed by atoms with Gasteiger partial charge in [0.2, 0.25) is 0 Å². The SMILES string of the molecule is CC1(C)O[C@H]2O[C@H]([C@@H](CO)OCc3cccc(Cn4cc(CO[C@@H]5[C@@H](OCc6ccccc6)[C@H](OCc6ccccc6)[C@@H](COCc6ccccc6)O[C@H]5Sc5ccccc5)nn4)c3)[C@H](OCc3ccccc3)[C@H]2O1. The van der Waals surface area contributed by atoms with Gasteiger partial charge in [0.05, 0.1) is 65.6 Å². The van der Waals surface area contributed by atoms with E-state index in [-0.39, 0.29) is 26.4 Å². The van der Waals surface area contributed by atoms with E-state index in [9.17, 15) is 5.11 Å². The van der Waals surface area contributed by atoms with Gasteiger partial charge < -0.3 is 52.5 Å². The molecule has 1 N–H and O–H groups in total. The number of rotatable bonds is 25. The van der Waals surface area contributed by atoms with Gasteiger partial charge in [-0.3, -0.25) is 0 Å². The predicted molar refractivity (Wildman–Crippen MR) is 281 cm³/mol. The van der Waals surface area contributed by atoms with E-state index < -0.39 is 66.3 Å². The first-order chi connectivity index (χ1) is 36.8. The predicted octanol–water partition coefficient (Wildman–Crippen LogP) is 9.46. The summed E-state index contributed by atoms with van der Waals surface area (Å²) in [5.74, 6) is -0.830. The number of aliphatic hydroxyl groups is 1. The average molecular weight is 1040 g/mol. The number of thioether (sulfide) groups is 1. The van der Waals surface area contributed by atoms with Crippen molar-refractivity contribution in [2.45, 2.75) is 131 Å². The van der Waals surface area contributed by atoms with Crippen molar-refractivity contribution in [2.24, 2.45) is 0 Å². The number of fused-ring (bicyclic) bond motifs is 1. The Bertz CT molecular complexity index is 2780. The van der Waals surface area contributed by atoms with Crippen LogP contribution in [0.4, 0.5) is 0 Å². The third-order valence-corrected chi connectivity index (χ3v) is 14.4. The van der Waals surface area contributed by atoms with Gasteiger partial charge in [-0.25, -0.2) is 4.68 Å². The van der Waals surface area contributed by atoms with Crippen LogP contribution >= 0.6 is 11.8 Å². The summed E-state index contributed by atoms with van der Waals surface area (Å²) in [4.78, 5) is 1.02. The van der Waals surface area contributed by atoms with E-state index in [0.29, 0.717) is 38.7 Å². The molecule has 14 nitrogen and oxygen atoms in total. The fourth-order valence-electron chi connectivity index (χ4n) is 9.59. The lowest BCUT2D eigenvalue weighted by atomic mass is 9.99. The number of benzene rings is 6. The molecule has 392 valence electrons. The Labute approximate surface area is 443 Å². The van der Waals surface area contributed by atoms with Gasteiger partial charge in [0.25, 0.3) is 0 Å². The average Bonchev–Trinajstić information content (AvgIpc) is 4.12. The molecule has 0 saturated carbocycles. The van der Waals surface area contributed by atoms with Crippen LogP contribution in [0.3, 0.4) is 0 Å². The van der Waals surface area contributed by atoms with Crippen molar-refractivity contribution >= 4 is 11.8 Å². The van der Waals surface area contributed by atoms with E-state index in [4.69, 9.17) is 47.4 Å². The summed E-state index contributed by atoms with van der Waals surface area (Å²) in [5.41, 5.74) is 6.16. The van der Waals surface area contributed by atoms with Crippen molar-refractivity contribution in [1.82, 2.24) is 15.0 Å². The first-order valence-electron chi connectivity index (χ1n) is 25.6. The summed E-state index contributed by atoms with van der Waals surface area (Å²) in [6.07, 6.45) is -3.37. The maximum atomic E-state index is 10.6. The molecule has 4 heterocycles. The van der Waals surface area contributed by atoms with Gasteiger partial charge in [-0.1, -0.05) is 181 Å². The second kappa shape index (κ2) is 25.9. The quantitative estimate of drug-likeness (QED) is 0.0581. The van der Waals surface area contributed by atoms with Gasteiger partial charge in [-0.15, -0.1) is 5.10 Å². The molecule has 0 unspecified atom stereocenters. The zero-order chi connectivity index (χ0) is 51.2. The van der Waals surface area contributed by atoms with Gasteiger partial charge in [-0.2, -0.15) is 0 Å². The van der Waals surface area contributed by atoms with Crippen LogP contribution in [0.15, 0.2) is 187 Å². The summed E-state index contributed by atoms with van der Waals surface area (Å²) in [6.45, 7) is 5.93. The van der Waals surface area contributed by atoms with Crippen LogP contribution in [0.5, 0.6) is 0 Å². The minimum atomic E-state index is -0.830. The molecule has 3 aliphatic heterocycles. The van der Waals surface area contributed by atoms with Gasteiger partial charge in [-0.05, 0) is 59.4 Å². The molecule has 0 aliphatic carbocycles. The van der Waals surface area contributed by atoms with Crippen LogP contribution in [-0.2, 0) is 93.6 Å². The van der Waals surface area contributed by atoms with Gasteiger partial charge in [0, 0.05) is 4.90 Å². The highest BCUT2D eigenvalue weighted by Crippen LogP contribution is 2.41. The zero-order valence-corrected chi connectivity index (χ0v) is 43.1. The molecule has 0 amide bonds. The minimum Gasteiger partial charge on any atom is -0.394 e. The van der Waals surface area contributed by atoms with E-state index in [1.807, 2.05) is 154 Å². The second-order valence-corrected chi connectivity index (χ2v) is 20.5. The van der Waals surface area contributed by atoms with Crippen LogP contribution < -0.4 is 0 Å². The van der Waals surface area contributed by atoms with E-state index in [2.05, 4.69) is 52.8 Å². The highest BCUT2D eigenvalue weighted by atomic mass is 32.2. The molecule has 3 aliphatic rings. The molecule has 15 heteroatoms. The van der Waals surface area contributed by atoms with E-state index in [0.717, 1.165) is 38.3 Å². The highest BCUT2D eigenvalue weighted by molar-refractivity contribution is 7.99. The van der Waals surface area contributed by atoms with Crippen molar-refractivity contribution < 1.29 is 52.5 Å². The Hall–Kier alpha value is -5.63. The first-order valence-corrected chi connectivity index (χ1v) is 26.5. The zero-order valence-electron chi connectivity index (χ0n) is 42.2. The molecule has 0 spiro atoms. The Morgan fingerprint density at radius 3 is 1.75 bits per heavy atom. The molecule has 6 aromatic carbocycles. The van der Waals surface area contributed by atoms with E-state index in [1.165, 1.54) is 0 Å². The molecular formula is C60H65N3O11S. The molecule has 0 bridgehead atoms. The number of hydrogen-bond donors (Lipinski definition) is 1. The summed E-state index contributed by atoms with van der Waals surface area (Å²) < 4.78 is 67.5.